The third-order valence-electron chi connectivity index (χ3n) is 2.35. The second kappa shape index (κ2) is 5.16. The number of alkyl halides is 1. The van der Waals surface area contributed by atoms with E-state index >= 15 is 0 Å². The fourth-order valence-electron chi connectivity index (χ4n) is 1.61. The van der Waals surface area contributed by atoms with Gasteiger partial charge in [0.05, 0.1) is 0 Å². The fraction of sp³-hybridized carbons (Fsp3) is 0.800. The van der Waals surface area contributed by atoms with E-state index in [1.165, 1.54) is 6.42 Å². The van der Waals surface area contributed by atoms with E-state index in [9.17, 15) is 4.39 Å². The Morgan fingerprint density at radius 1 is 1.58 bits per heavy atom. The second-order valence-corrected chi connectivity index (χ2v) is 3.32. The first-order chi connectivity index (χ1) is 5.84. The third-order valence-corrected chi connectivity index (χ3v) is 2.35. The standard InChI is InChI=1S/C10H16FN/c1-2-3-6-9(11)10-7-4-5-8-12-10/h1,9-10,12H,3-8H2. The van der Waals surface area contributed by atoms with E-state index in [-0.39, 0.29) is 6.04 Å². The number of hydrogen-bond acceptors (Lipinski definition) is 1. The van der Waals surface area contributed by atoms with Crippen LogP contribution in [-0.4, -0.2) is 18.8 Å². The van der Waals surface area contributed by atoms with Crippen LogP contribution in [0.1, 0.15) is 32.1 Å². The van der Waals surface area contributed by atoms with E-state index in [0.717, 1.165) is 19.4 Å². The first kappa shape index (κ1) is 9.54. The van der Waals surface area contributed by atoms with Gasteiger partial charge in [0.2, 0.25) is 0 Å². The molecule has 1 rings (SSSR count). The molecule has 1 nitrogen and oxygen atoms in total. The van der Waals surface area contributed by atoms with E-state index in [4.69, 9.17) is 6.42 Å². The summed E-state index contributed by atoms with van der Waals surface area (Å²) in [5.41, 5.74) is 0. The molecule has 1 N–H and O–H groups in total. The first-order valence-corrected chi connectivity index (χ1v) is 4.65. The van der Waals surface area contributed by atoms with Crippen molar-refractivity contribution in [2.45, 2.75) is 44.3 Å². The molecule has 0 aromatic heterocycles. The van der Waals surface area contributed by atoms with Crippen LogP contribution in [-0.2, 0) is 0 Å². The second-order valence-electron chi connectivity index (χ2n) is 3.32. The normalized spacial score (nSPS) is 26.2. The molecule has 1 heterocycles. The fourth-order valence-corrected chi connectivity index (χ4v) is 1.61. The summed E-state index contributed by atoms with van der Waals surface area (Å²) in [5.74, 6) is 2.47. The van der Waals surface area contributed by atoms with Crippen LogP contribution in [0.4, 0.5) is 4.39 Å². The smallest absolute Gasteiger partial charge is 0.116 e. The molecule has 12 heavy (non-hydrogen) atoms. The van der Waals surface area contributed by atoms with Crippen molar-refractivity contribution in [3.8, 4) is 12.3 Å². The summed E-state index contributed by atoms with van der Waals surface area (Å²) >= 11 is 0. The molecule has 68 valence electrons. The Kier molecular flexibility index (Phi) is 4.10. The lowest BCUT2D eigenvalue weighted by Gasteiger charge is -2.26. The molecule has 1 fully saturated rings. The van der Waals surface area contributed by atoms with Crippen LogP contribution in [0.25, 0.3) is 0 Å². The molecule has 0 aromatic carbocycles. The Morgan fingerprint density at radius 2 is 2.42 bits per heavy atom. The Balaban J connectivity index is 2.21. The van der Waals surface area contributed by atoms with Crippen LogP contribution in [0, 0.1) is 12.3 Å². The molecule has 2 unspecified atom stereocenters. The molecule has 0 amide bonds. The Hall–Kier alpha value is -0.550. The van der Waals surface area contributed by atoms with E-state index < -0.39 is 6.17 Å². The van der Waals surface area contributed by atoms with Crippen LogP contribution in [0.2, 0.25) is 0 Å². The van der Waals surface area contributed by atoms with Gasteiger partial charge in [0.15, 0.2) is 0 Å². The summed E-state index contributed by atoms with van der Waals surface area (Å²) < 4.78 is 13.3. The largest absolute Gasteiger partial charge is 0.311 e. The van der Waals surface area contributed by atoms with Crippen LogP contribution in [0.15, 0.2) is 0 Å². The Bertz CT molecular complexity index is 156. The lowest BCUT2D eigenvalue weighted by atomic mass is 9.98. The molecular weight excluding hydrogens is 153 g/mol. The zero-order valence-electron chi connectivity index (χ0n) is 7.35. The summed E-state index contributed by atoms with van der Waals surface area (Å²) in [4.78, 5) is 0. The van der Waals surface area contributed by atoms with Crippen LogP contribution in [0.5, 0.6) is 0 Å². The van der Waals surface area contributed by atoms with Crippen LogP contribution >= 0.6 is 0 Å². The molecule has 2 atom stereocenters. The van der Waals surface area contributed by atoms with Crippen molar-refractivity contribution in [2.75, 3.05) is 6.54 Å². The molecule has 1 aliphatic heterocycles. The maximum atomic E-state index is 13.3. The Labute approximate surface area is 73.7 Å². The number of terminal acetylenes is 1. The molecule has 2 heteroatoms. The van der Waals surface area contributed by atoms with E-state index in [2.05, 4.69) is 11.2 Å². The summed E-state index contributed by atoms with van der Waals surface area (Å²) in [7, 11) is 0. The minimum absolute atomic E-state index is 0.0621. The molecule has 0 radical (unpaired) electrons. The van der Waals surface area contributed by atoms with Gasteiger partial charge in [-0.3, -0.25) is 0 Å². The quantitative estimate of drug-likeness (QED) is 0.636. The summed E-state index contributed by atoms with van der Waals surface area (Å²) in [6.07, 6.45) is 8.67. The topological polar surface area (TPSA) is 12.0 Å². The lowest BCUT2D eigenvalue weighted by molar-refractivity contribution is 0.208. The first-order valence-electron chi connectivity index (χ1n) is 4.65. The zero-order chi connectivity index (χ0) is 8.81. The predicted octanol–water partition coefficient (Wildman–Crippen LogP) is 1.88. The van der Waals surface area contributed by atoms with Gasteiger partial charge in [-0.05, 0) is 25.8 Å². The van der Waals surface area contributed by atoms with Crippen LogP contribution in [0.3, 0.4) is 0 Å². The van der Waals surface area contributed by atoms with E-state index in [0.29, 0.717) is 12.8 Å². The van der Waals surface area contributed by atoms with Gasteiger partial charge in [0.1, 0.15) is 6.17 Å². The summed E-state index contributed by atoms with van der Waals surface area (Å²) in [5, 5.41) is 3.18. The Morgan fingerprint density at radius 3 is 3.00 bits per heavy atom. The van der Waals surface area contributed by atoms with Gasteiger partial charge in [0.25, 0.3) is 0 Å². The maximum absolute atomic E-state index is 13.3. The van der Waals surface area contributed by atoms with Crippen molar-refractivity contribution in [1.82, 2.24) is 5.32 Å². The van der Waals surface area contributed by atoms with Crippen LogP contribution < -0.4 is 5.32 Å². The molecule has 1 aliphatic rings. The monoisotopic (exact) mass is 169 g/mol. The minimum Gasteiger partial charge on any atom is -0.311 e. The molecule has 0 aliphatic carbocycles. The minimum atomic E-state index is -0.749. The third kappa shape index (κ3) is 2.83. The predicted molar refractivity (Wildman–Crippen MR) is 48.6 cm³/mol. The number of piperidine rings is 1. The van der Waals surface area contributed by atoms with Crippen molar-refractivity contribution < 1.29 is 4.39 Å². The summed E-state index contributed by atoms with van der Waals surface area (Å²) in [6, 6.07) is 0.0621. The molecular formula is C10H16FN. The van der Waals surface area contributed by atoms with Crippen molar-refractivity contribution in [2.24, 2.45) is 0 Å². The van der Waals surface area contributed by atoms with E-state index in [1.54, 1.807) is 0 Å². The maximum Gasteiger partial charge on any atom is 0.116 e. The molecule has 0 spiro atoms. The lowest BCUT2D eigenvalue weighted by Crippen LogP contribution is -2.41. The molecule has 0 bridgehead atoms. The van der Waals surface area contributed by atoms with Crippen molar-refractivity contribution >= 4 is 0 Å². The highest BCUT2D eigenvalue weighted by Gasteiger charge is 2.21. The number of halogens is 1. The average Bonchev–Trinajstić information content (AvgIpc) is 2.15. The van der Waals surface area contributed by atoms with Gasteiger partial charge in [0, 0.05) is 12.5 Å². The number of nitrogens with one attached hydrogen (secondary N) is 1. The highest BCUT2D eigenvalue weighted by atomic mass is 19.1. The van der Waals surface area contributed by atoms with Gasteiger partial charge in [-0.15, -0.1) is 12.3 Å². The highest BCUT2D eigenvalue weighted by Crippen LogP contribution is 2.16. The van der Waals surface area contributed by atoms with E-state index in [1.807, 2.05) is 0 Å². The van der Waals surface area contributed by atoms with Crippen molar-refractivity contribution in [3.05, 3.63) is 0 Å². The van der Waals surface area contributed by atoms with Crippen molar-refractivity contribution in [1.29, 1.82) is 0 Å². The van der Waals surface area contributed by atoms with Gasteiger partial charge in [-0.25, -0.2) is 4.39 Å². The van der Waals surface area contributed by atoms with Gasteiger partial charge < -0.3 is 5.32 Å². The van der Waals surface area contributed by atoms with Crippen molar-refractivity contribution in [3.63, 3.8) is 0 Å². The summed E-state index contributed by atoms with van der Waals surface area (Å²) in [6.45, 7) is 0.959. The SMILES string of the molecule is C#CCCC(F)C1CCCCN1. The number of hydrogen-bond donors (Lipinski definition) is 1. The highest BCUT2D eigenvalue weighted by molar-refractivity contribution is 4.87. The molecule has 1 saturated heterocycles. The van der Waals surface area contributed by atoms with Gasteiger partial charge in [-0.1, -0.05) is 6.42 Å². The number of rotatable bonds is 3. The average molecular weight is 169 g/mol. The molecule has 0 saturated carbocycles. The van der Waals surface area contributed by atoms with Gasteiger partial charge >= 0.3 is 0 Å². The molecule has 0 aromatic rings. The zero-order valence-corrected chi connectivity index (χ0v) is 7.35. The van der Waals surface area contributed by atoms with Gasteiger partial charge in [-0.2, -0.15) is 0 Å².